The summed E-state index contributed by atoms with van der Waals surface area (Å²) in [6, 6.07) is 18.1. The van der Waals surface area contributed by atoms with E-state index in [1.54, 1.807) is 24.3 Å². The first kappa shape index (κ1) is 14.3. The van der Waals surface area contributed by atoms with Crippen molar-refractivity contribution in [3.8, 4) is 0 Å². The molecule has 2 N–H and O–H groups in total. The summed E-state index contributed by atoms with van der Waals surface area (Å²) in [7, 11) is 0. The van der Waals surface area contributed by atoms with Crippen LogP contribution in [0.5, 0.6) is 0 Å². The van der Waals surface area contributed by atoms with Gasteiger partial charge in [0.15, 0.2) is 0 Å². The largest absolute Gasteiger partial charge is 0.481 e. The maximum Gasteiger partial charge on any atom is 0.307 e. The van der Waals surface area contributed by atoms with Gasteiger partial charge in [-0.25, -0.2) is 0 Å². The van der Waals surface area contributed by atoms with E-state index >= 15 is 0 Å². The van der Waals surface area contributed by atoms with Crippen LogP contribution in [0.4, 0.5) is 0 Å². The summed E-state index contributed by atoms with van der Waals surface area (Å²) in [4.78, 5) is 23.4. The summed E-state index contributed by atoms with van der Waals surface area (Å²) in [5.41, 5.74) is 1.55. The maximum atomic E-state index is 11.7. The van der Waals surface area contributed by atoms with Crippen molar-refractivity contribution in [3.05, 3.63) is 71.8 Å². The van der Waals surface area contributed by atoms with E-state index in [9.17, 15) is 19.8 Å². The van der Waals surface area contributed by atoms with Gasteiger partial charge in [-0.05, 0) is 11.1 Å². The van der Waals surface area contributed by atoms with E-state index in [0.717, 1.165) is 11.1 Å². The molecule has 0 bridgehead atoms. The lowest BCUT2D eigenvalue weighted by Gasteiger charge is -2.48. The number of carboxylic acid groups (broad SMARTS) is 2. The Labute approximate surface area is 128 Å². The number of aliphatic carboxylic acids is 2. The van der Waals surface area contributed by atoms with Crippen molar-refractivity contribution in [1.82, 2.24) is 0 Å². The Morgan fingerprint density at radius 2 is 0.955 bits per heavy atom. The Morgan fingerprint density at radius 1 is 0.636 bits per heavy atom. The van der Waals surface area contributed by atoms with Gasteiger partial charge >= 0.3 is 11.9 Å². The molecule has 1 fully saturated rings. The molecule has 0 atom stereocenters. The van der Waals surface area contributed by atoms with Crippen molar-refractivity contribution < 1.29 is 19.8 Å². The van der Waals surface area contributed by atoms with E-state index in [0.29, 0.717) is 0 Å². The second kappa shape index (κ2) is 5.64. The molecule has 112 valence electrons. The number of hydrogen-bond donors (Lipinski definition) is 2. The molecule has 0 spiro atoms. The van der Waals surface area contributed by atoms with Crippen LogP contribution in [-0.4, -0.2) is 22.2 Å². The fraction of sp³-hybridized carbons (Fsp3) is 0.222. The van der Waals surface area contributed by atoms with Crippen LogP contribution in [0.1, 0.15) is 23.0 Å². The average molecular weight is 296 g/mol. The Hall–Kier alpha value is -2.62. The fourth-order valence-corrected chi connectivity index (χ4v) is 3.54. The van der Waals surface area contributed by atoms with Gasteiger partial charge < -0.3 is 10.2 Å². The van der Waals surface area contributed by atoms with Gasteiger partial charge in [0, 0.05) is 11.8 Å². The van der Waals surface area contributed by atoms with Crippen LogP contribution in [0.2, 0.25) is 0 Å². The number of rotatable bonds is 4. The highest BCUT2D eigenvalue weighted by Gasteiger charge is 2.58. The van der Waals surface area contributed by atoms with E-state index in [-0.39, 0.29) is 0 Å². The molecule has 0 aliphatic heterocycles. The lowest BCUT2D eigenvalue weighted by molar-refractivity contribution is -0.159. The van der Waals surface area contributed by atoms with E-state index in [2.05, 4.69) is 0 Å². The topological polar surface area (TPSA) is 74.6 Å². The summed E-state index contributed by atoms with van der Waals surface area (Å²) < 4.78 is 0. The molecule has 0 unspecified atom stereocenters. The molecule has 0 aromatic heterocycles. The first-order valence-electron chi connectivity index (χ1n) is 7.16. The lowest BCUT2D eigenvalue weighted by atomic mass is 9.52. The third-order valence-corrected chi connectivity index (χ3v) is 4.49. The summed E-state index contributed by atoms with van der Waals surface area (Å²) in [5.74, 6) is -4.32. The van der Waals surface area contributed by atoms with Gasteiger partial charge in [-0.1, -0.05) is 60.7 Å². The van der Waals surface area contributed by atoms with Crippen LogP contribution in [0.25, 0.3) is 0 Å². The van der Waals surface area contributed by atoms with E-state index < -0.39 is 35.6 Å². The van der Waals surface area contributed by atoms with Gasteiger partial charge in [0.05, 0.1) is 11.8 Å². The third kappa shape index (κ3) is 2.26. The van der Waals surface area contributed by atoms with Gasteiger partial charge in [0.2, 0.25) is 0 Å². The zero-order chi connectivity index (χ0) is 15.7. The Balaban J connectivity index is 2.04. The Bertz CT molecular complexity index is 611. The molecule has 4 heteroatoms. The predicted molar refractivity (Wildman–Crippen MR) is 80.6 cm³/mol. The van der Waals surface area contributed by atoms with Gasteiger partial charge in [0.25, 0.3) is 0 Å². The van der Waals surface area contributed by atoms with Gasteiger partial charge in [0.1, 0.15) is 0 Å². The highest BCUT2D eigenvalue weighted by atomic mass is 16.4. The van der Waals surface area contributed by atoms with Crippen LogP contribution < -0.4 is 0 Å². The van der Waals surface area contributed by atoms with Crippen molar-refractivity contribution in [2.75, 3.05) is 0 Å². The van der Waals surface area contributed by atoms with Gasteiger partial charge in [-0.2, -0.15) is 0 Å². The van der Waals surface area contributed by atoms with Crippen molar-refractivity contribution in [2.45, 2.75) is 11.8 Å². The molecule has 1 saturated carbocycles. The molecule has 1 aliphatic carbocycles. The number of benzene rings is 2. The highest BCUT2D eigenvalue weighted by molar-refractivity contribution is 5.83. The third-order valence-electron chi connectivity index (χ3n) is 4.49. The summed E-state index contributed by atoms with van der Waals surface area (Å²) in [6.07, 6.45) is 0. The van der Waals surface area contributed by atoms with Crippen molar-refractivity contribution in [3.63, 3.8) is 0 Å². The number of hydrogen-bond acceptors (Lipinski definition) is 2. The summed E-state index contributed by atoms with van der Waals surface area (Å²) >= 11 is 0. The molecular formula is C18H16O4. The zero-order valence-electron chi connectivity index (χ0n) is 11.8. The zero-order valence-corrected chi connectivity index (χ0v) is 11.8. The molecule has 22 heavy (non-hydrogen) atoms. The highest BCUT2D eigenvalue weighted by Crippen LogP contribution is 2.57. The molecule has 2 aromatic carbocycles. The second-order valence-electron chi connectivity index (χ2n) is 5.60. The summed E-state index contributed by atoms with van der Waals surface area (Å²) in [5, 5.41) is 19.2. The molecule has 0 radical (unpaired) electrons. The smallest absolute Gasteiger partial charge is 0.307 e. The quantitative estimate of drug-likeness (QED) is 0.909. The van der Waals surface area contributed by atoms with Crippen LogP contribution >= 0.6 is 0 Å². The normalized spacial score (nSPS) is 26.9. The van der Waals surface area contributed by atoms with Crippen molar-refractivity contribution in [2.24, 2.45) is 11.8 Å². The van der Waals surface area contributed by atoms with Crippen LogP contribution in [0, 0.1) is 11.8 Å². The monoisotopic (exact) mass is 296 g/mol. The van der Waals surface area contributed by atoms with Crippen molar-refractivity contribution in [1.29, 1.82) is 0 Å². The standard InChI is InChI=1S/C18H16O4/c19-17(20)15-13(11-7-3-1-4-8-11)16(18(21)22)14(15)12-9-5-2-6-10-12/h1-10,13-16H,(H,19,20)(H,21,22)/t13-,14+,15-,16?. The minimum absolute atomic E-state index is 0.499. The second-order valence-corrected chi connectivity index (χ2v) is 5.60. The lowest BCUT2D eigenvalue weighted by Crippen LogP contribution is -2.50. The minimum Gasteiger partial charge on any atom is -0.481 e. The average Bonchev–Trinajstić information content (AvgIpc) is 2.47. The molecule has 0 amide bonds. The molecule has 3 rings (SSSR count). The number of carboxylic acids is 2. The van der Waals surface area contributed by atoms with E-state index in [1.165, 1.54) is 0 Å². The van der Waals surface area contributed by atoms with Gasteiger partial charge in [-0.3, -0.25) is 9.59 Å². The SMILES string of the molecule is O=C(O)C1[C@H](c2ccccc2)[C@@H](C(=O)O)[C@@H]1c1ccccc1. The molecular weight excluding hydrogens is 280 g/mol. The van der Waals surface area contributed by atoms with Crippen molar-refractivity contribution >= 4 is 11.9 Å². The van der Waals surface area contributed by atoms with Gasteiger partial charge in [-0.15, -0.1) is 0 Å². The van der Waals surface area contributed by atoms with Crippen LogP contribution in [0.3, 0.4) is 0 Å². The molecule has 0 saturated heterocycles. The maximum absolute atomic E-state index is 11.7. The molecule has 1 aliphatic rings. The van der Waals surface area contributed by atoms with E-state index in [4.69, 9.17) is 0 Å². The minimum atomic E-state index is -0.944. The first-order valence-corrected chi connectivity index (χ1v) is 7.16. The summed E-state index contributed by atoms with van der Waals surface area (Å²) in [6.45, 7) is 0. The van der Waals surface area contributed by atoms with Crippen LogP contribution in [0.15, 0.2) is 60.7 Å². The number of carbonyl (C=O) groups is 2. The first-order chi connectivity index (χ1) is 10.6. The predicted octanol–water partition coefficient (Wildman–Crippen LogP) is 2.97. The van der Waals surface area contributed by atoms with Crippen LogP contribution in [-0.2, 0) is 9.59 Å². The molecule has 2 aromatic rings. The molecule has 4 nitrogen and oxygen atoms in total. The van der Waals surface area contributed by atoms with E-state index in [1.807, 2.05) is 36.4 Å². The molecule has 0 heterocycles. The Morgan fingerprint density at radius 3 is 1.23 bits per heavy atom. The fourth-order valence-electron chi connectivity index (χ4n) is 3.54. The Kier molecular flexibility index (Phi) is 3.67.